The molecule has 0 aliphatic carbocycles. The molecule has 2 heteroatoms. The quantitative estimate of drug-likeness (QED) is 0.566. The van der Waals surface area contributed by atoms with E-state index < -0.39 is 0 Å². The lowest BCUT2D eigenvalue weighted by molar-refractivity contribution is 0.427. The summed E-state index contributed by atoms with van der Waals surface area (Å²) >= 11 is 0. The average Bonchev–Trinajstić information content (AvgIpc) is 1.89. The van der Waals surface area contributed by atoms with Gasteiger partial charge in [-0.25, -0.2) is 4.39 Å². The van der Waals surface area contributed by atoms with Crippen LogP contribution in [0.3, 0.4) is 0 Å². The van der Waals surface area contributed by atoms with Crippen molar-refractivity contribution in [2.45, 2.75) is 26.7 Å². The molecule has 0 spiro atoms. The van der Waals surface area contributed by atoms with E-state index in [9.17, 15) is 4.39 Å². The second kappa shape index (κ2) is 7.00. The van der Waals surface area contributed by atoms with Gasteiger partial charge in [0, 0.05) is 6.54 Å². The molecule has 0 radical (unpaired) electrons. The van der Waals surface area contributed by atoms with Crippen LogP contribution in [-0.4, -0.2) is 19.8 Å². The standard InChI is InChI=1S/C8H18FN/c1-3-4-8(2)7-10-6-5-9/h8,10H,3-7H2,1-2H3. The van der Waals surface area contributed by atoms with E-state index in [4.69, 9.17) is 0 Å². The van der Waals surface area contributed by atoms with Crippen LogP contribution in [0, 0.1) is 5.92 Å². The summed E-state index contributed by atoms with van der Waals surface area (Å²) in [6, 6.07) is 0. The lowest BCUT2D eigenvalue weighted by atomic mass is 10.1. The minimum absolute atomic E-state index is 0.251. The van der Waals surface area contributed by atoms with Crippen LogP contribution in [0.15, 0.2) is 0 Å². The Bertz CT molecular complexity index is 66.3. The summed E-state index contributed by atoms with van der Waals surface area (Å²) in [5, 5.41) is 3.04. The summed E-state index contributed by atoms with van der Waals surface area (Å²) < 4.78 is 11.6. The molecule has 0 aromatic carbocycles. The van der Waals surface area contributed by atoms with Crippen molar-refractivity contribution in [3.63, 3.8) is 0 Å². The molecule has 1 N–H and O–H groups in total. The smallest absolute Gasteiger partial charge is 0.102 e. The van der Waals surface area contributed by atoms with Gasteiger partial charge >= 0.3 is 0 Å². The summed E-state index contributed by atoms with van der Waals surface area (Å²) in [6.45, 7) is 5.57. The highest BCUT2D eigenvalue weighted by Gasteiger charge is 1.97. The third kappa shape index (κ3) is 6.02. The maximum absolute atomic E-state index is 11.6. The van der Waals surface area contributed by atoms with Gasteiger partial charge < -0.3 is 5.32 Å². The molecule has 0 aromatic heterocycles. The molecule has 0 aliphatic heterocycles. The SMILES string of the molecule is CCCC(C)CNCCF. The highest BCUT2D eigenvalue weighted by molar-refractivity contribution is 4.55. The second-order valence-corrected chi connectivity index (χ2v) is 2.79. The van der Waals surface area contributed by atoms with Gasteiger partial charge in [-0.2, -0.15) is 0 Å². The van der Waals surface area contributed by atoms with Gasteiger partial charge in [0.1, 0.15) is 6.67 Å². The number of hydrogen-bond acceptors (Lipinski definition) is 1. The molecule has 0 rings (SSSR count). The van der Waals surface area contributed by atoms with Gasteiger partial charge in [-0.05, 0) is 18.9 Å². The van der Waals surface area contributed by atoms with E-state index in [1.807, 2.05) is 0 Å². The zero-order chi connectivity index (χ0) is 7.82. The number of rotatable bonds is 6. The summed E-state index contributed by atoms with van der Waals surface area (Å²) in [7, 11) is 0. The van der Waals surface area contributed by atoms with E-state index in [-0.39, 0.29) is 6.67 Å². The minimum Gasteiger partial charge on any atom is -0.314 e. The summed E-state index contributed by atoms with van der Waals surface area (Å²) in [5.74, 6) is 0.691. The lowest BCUT2D eigenvalue weighted by Crippen LogP contribution is -2.23. The maximum atomic E-state index is 11.6. The predicted molar refractivity (Wildman–Crippen MR) is 42.9 cm³/mol. The molecule has 0 heterocycles. The first-order valence-electron chi connectivity index (χ1n) is 4.08. The average molecular weight is 147 g/mol. The van der Waals surface area contributed by atoms with Crippen LogP contribution in [0.25, 0.3) is 0 Å². The molecule has 0 fully saturated rings. The molecule has 0 aliphatic rings. The van der Waals surface area contributed by atoms with Gasteiger partial charge in [-0.15, -0.1) is 0 Å². The zero-order valence-electron chi connectivity index (χ0n) is 6.99. The molecule has 1 nitrogen and oxygen atoms in total. The van der Waals surface area contributed by atoms with E-state index in [1.54, 1.807) is 0 Å². The maximum Gasteiger partial charge on any atom is 0.102 e. The Hall–Kier alpha value is -0.110. The fourth-order valence-corrected chi connectivity index (χ4v) is 1.01. The topological polar surface area (TPSA) is 12.0 Å². The van der Waals surface area contributed by atoms with Crippen LogP contribution in [0.1, 0.15) is 26.7 Å². The van der Waals surface area contributed by atoms with Crippen molar-refractivity contribution >= 4 is 0 Å². The summed E-state index contributed by atoms with van der Waals surface area (Å²) in [4.78, 5) is 0. The van der Waals surface area contributed by atoms with Crippen LogP contribution in [0.4, 0.5) is 4.39 Å². The van der Waals surface area contributed by atoms with Gasteiger partial charge in [-0.1, -0.05) is 20.3 Å². The molecule has 0 aromatic rings. The molecule has 62 valence electrons. The highest BCUT2D eigenvalue weighted by atomic mass is 19.1. The first-order chi connectivity index (χ1) is 4.81. The van der Waals surface area contributed by atoms with Crippen LogP contribution < -0.4 is 5.32 Å². The molecule has 0 amide bonds. The van der Waals surface area contributed by atoms with Gasteiger partial charge in [0.25, 0.3) is 0 Å². The molecular weight excluding hydrogens is 129 g/mol. The number of nitrogens with one attached hydrogen (secondary N) is 1. The Kier molecular flexibility index (Phi) is 6.93. The third-order valence-corrected chi connectivity index (χ3v) is 1.55. The van der Waals surface area contributed by atoms with Crippen molar-refractivity contribution in [2.75, 3.05) is 19.8 Å². The lowest BCUT2D eigenvalue weighted by Gasteiger charge is -2.09. The normalized spacial score (nSPS) is 13.5. The first kappa shape index (κ1) is 9.89. The first-order valence-corrected chi connectivity index (χ1v) is 4.08. The van der Waals surface area contributed by atoms with Crippen molar-refractivity contribution in [2.24, 2.45) is 5.92 Å². The molecule has 1 atom stereocenters. The summed E-state index contributed by atoms with van der Waals surface area (Å²) in [5.41, 5.74) is 0. The predicted octanol–water partition coefficient (Wildman–Crippen LogP) is 1.98. The molecular formula is C8H18FN. The summed E-state index contributed by atoms with van der Waals surface area (Å²) in [6.07, 6.45) is 2.46. The van der Waals surface area contributed by atoms with Crippen LogP contribution in [-0.2, 0) is 0 Å². The van der Waals surface area contributed by atoms with Crippen molar-refractivity contribution < 1.29 is 4.39 Å². The Morgan fingerprint density at radius 2 is 2.20 bits per heavy atom. The molecule has 10 heavy (non-hydrogen) atoms. The largest absolute Gasteiger partial charge is 0.314 e. The fourth-order valence-electron chi connectivity index (χ4n) is 1.01. The fraction of sp³-hybridized carbons (Fsp3) is 1.00. The van der Waals surface area contributed by atoms with Crippen molar-refractivity contribution in [1.29, 1.82) is 0 Å². The zero-order valence-corrected chi connectivity index (χ0v) is 6.99. The number of alkyl halides is 1. The van der Waals surface area contributed by atoms with Crippen LogP contribution >= 0.6 is 0 Å². The molecule has 1 unspecified atom stereocenters. The molecule has 0 saturated heterocycles. The van der Waals surface area contributed by atoms with E-state index in [0.29, 0.717) is 12.5 Å². The van der Waals surface area contributed by atoms with Crippen molar-refractivity contribution in [3.05, 3.63) is 0 Å². The minimum atomic E-state index is -0.251. The molecule has 0 bridgehead atoms. The monoisotopic (exact) mass is 147 g/mol. The Morgan fingerprint density at radius 1 is 1.50 bits per heavy atom. The number of halogens is 1. The third-order valence-electron chi connectivity index (χ3n) is 1.55. The Labute approximate surface area is 63.0 Å². The highest BCUT2D eigenvalue weighted by Crippen LogP contribution is 2.01. The van der Waals surface area contributed by atoms with Gasteiger partial charge in [0.15, 0.2) is 0 Å². The van der Waals surface area contributed by atoms with Crippen LogP contribution in [0.2, 0.25) is 0 Å². The van der Waals surface area contributed by atoms with E-state index in [1.165, 1.54) is 12.8 Å². The van der Waals surface area contributed by atoms with E-state index in [0.717, 1.165) is 6.54 Å². The van der Waals surface area contributed by atoms with Gasteiger partial charge in [0.05, 0.1) is 0 Å². The molecule has 0 saturated carbocycles. The van der Waals surface area contributed by atoms with E-state index in [2.05, 4.69) is 19.2 Å². The van der Waals surface area contributed by atoms with Crippen molar-refractivity contribution in [3.8, 4) is 0 Å². The second-order valence-electron chi connectivity index (χ2n) is 2.79. The van der Waals surface area contributed by atoms with E-state index >= 15 is 0 Å². The Balaban J connectivity index is 2.97. The van der Waals surface area contributed by atoms with Gasteiger partial charge in [0.2, 0.25) is 0 Å². The van der Waals surface area contributed by atoms with Gasteiger partial charge in [-0.3, -0.25) is 0 Å². The Morgan fingerprint density at radius 3 is 2.70 bits per heavy atom. The van der Waals surface area contributed by atoms with Crippen LogP contribution in [0.5, 0.6) is 0 Å². The van der Waals surface area contributed by atoms with Crippen molar-refractivity contribution in [1.82, 2.24) is 5.32 Å². The number of hydrogen-bond donors (Lipinski definition) is 1.